The average Bonchev–Trinajstić information content (AvgIpc) is 2.79. The van der Waals surface area contributed by atoms with Gasteiger partial charge in [-0.3, -0.25) is 0 Å². The maximum absolute atomic E-state index is 12.1. The summed E-state index contributed by atoms with van der Waals surface area (Å²) in [4.78, 5) is 0. The fourth-order valence-corrected chi connectivity index (χ4v) is 3.22. The molecule has 0 spiro atoms. The molecule has 1 aliphatic heterocycles. The number of nitrogens with zero attached hydrogens (tertiary/aromatic N) is 1. The van der Waals surface area contributed by atoms with E-state index in [-0.39, 0.29) is 5.60 Å². The van der Waals surface area contributed by atoms with Crippen molar-refractivity contribution in [3.63, 3.8) is 0 Å². The van der Waals surface area contributed by atoms with Crippen molar-refractivity contribution < 1.29 is 13.2 Å². The predicted molar refractivity (Wildman–Crippen MR) is 80.9 cm³/mol. The van der Waals surface area contributed by atoms with Crippen molar-refractivity contribution in [2.75, 3.05) is 33.3 Å². The van der Waals surface area contributed by atoms with E-state index in [1.165, 1.54) is 4.31 Å². The van der Waals surface area contributed by atoms with Gasteiger partial charge in [-0.1, -0.05) is 13.8 Å². The molecule has 0 aromatic carbocycles. The lowest BCUT2D eigenvalue weighted by molar-refractivity contribution is 0.0248. The molecule has 120 valence electrons. The van der Waals surface area contributed by atoms with Crippen molar-refractivity contribution in [3.8, 4) is 0 Å². The van der Waals surface area contributed by atoms with Crippen molar-refractivity contribution >= 4 is 10.2 Å². The van der Waals surface area contributed by atoms with Gasteiger partial charge in [-0.05, 0) is 32.7 Å². The topological polar surface area (TPSA) is 70.7 Å². The van der Waals surface area contributed by atoms with Crippen LogP contribution in [0.15, 0.2) is 0 Å². The largest absolute Gasteiger partial charge is 0.374 e. The number of nitrogens with one attached hydrogen (secondary N) is 2. The normalized spacial score (nSPS) is 23.9. The van der Waals surface area contributed by atoms with Crippen LogP contribution in [0.4, 0.5) is 0 Å². The molecule has 2 N–H and O–H groups in total. The van der Waals surface area contributed by atoms with E-state index in [0.29, 0.717) is 19.1 Å². The monoisotopic (exact) mass is 307 g/mol. The van der Waals surface area contributed by atoms with Gasteiger partial charge < -0.3 is 10.1 Å². The first-order valence-electron chi connectivity index (χ1n) is 7.33. The van der Waals surface area contributed by atoms with Crippen molar-refractivity contribution in [3.05, 3.63) is 0 Å². The van der Waals surface area contributed by atoms with E-state index in [0.717, 1.165) is 32.4 Å². The van der Waals surface area contributed by atoms with Gasteiger partial charge in [-0.2, -0.15) is 17.4 Å². The van der Waals surface area contributed by atoms with Gasteiger partial charge in [0, 0.05) is 32.8 Å². The summed E-state index contributed by atoms with van der Waals surface area (Å²) >= 11 is 0. The quantitative estimate of drug-likeness (QED) is 0.616. The molecule has 20 heavy (non-hydrogen) atoms. The Balaban J connectivity index is 2.31. The maximum atomic E-state index is 12.1. The molecule has 6 nitrogen and oxygen atoms in total. The number of hydrogen-bond acceptors (Lipinski definition) is 4. The summed E-state index contributed by atoms with van der Waals surface area (Å²) in [5, 5.41) is 3.27. The minimum Gasteiger partial charge on any atom is -0.374 e. The second kappa shape index (κ2) is 7.70. The molecule has 0 amide bonds. The molecular formula is C13H29N3O3S. The van der Waals surface area contributed by atoms with Gasteiger partial charge in [0.15, 0.2) is 0 Å². The van der Waals surface area contributed by atoms with Crippen LogP contribution in [0.1, 0.15) is 40.0 Å². The van der Waals surface area contributed by atoms with Crippen LogP contribution in [0.25, 0.3) is 0 Å². The van der Waals surface area contributed by atoms with Crippen LogP contribution in [0, 0.1) is 0 Å². The van der Waals surface area contributed by atoms with Crippen LogP contribution in [0.5, 0.6) is 0 Å². The van der Waals surface area contributed by atoms with Crippen LogP contribution < -0.4 is 10.0 Å². The first-order chi connectivity index (χ1) is 9.25. The van der Waals surface area contributed by atoms with Crippen molar-refractivity contribution in [1.29, 1.82) is 0 Å². The molecule has 0 aromatic heterocycles. The molecule has 1 unspecified atom stereocenters. The van der Waals surface area contributed by atoms with Crippen LogP contribution in [0.3, 0.4) is 0 Å². The summed E-state index contributed by atoms with van der Waals surface area (Å²) in [6.45, 7) is 8.48. The lowest BCUT2D eigenvalue weighted by Gasteiger charge is -2.25. The molecule has 1 saturated heterocycles. The van der Waals surface area contributed by atoms with Crippen molar-refractivity contribution in [2.45, 2.75) is 51.7 Å². The van der Waals surface area contributed by atoms with Crippen molar-refractivity contribution in [1.82, 2.24) is 14.3 Å². The van der Waals surface area contributed by atoms with Gasteiger partial charge in [0.25, 0.3) is 10.2 Å². The lowest BCUT2D eigenvalue weighted by atomic mass is 10.0. The molecule has 1 heterocycles. The third kappa shape index (κ3) is 6.05. The molecule has 0 saturated carbocycles. The fourth-order valence-electron chi connectivity index (χ4n) is 2.14. The predicted octanol–water partition coefficient (Wildman–Crippen LogP) is 0.710. The Morgan fingerprint density at radius 1 is 1.40 bits per heavy atom. The highest BCUT2D eigenvalue weighted by molar-refractivity contribution is 7.87. The summed E-state index contributed by atoms with van der Waals surface area (Å²) in [5.41, 5.74) is -0.354. The van der Waals surface area contributed by atoms with Crippen molar-refractivity contribution in [2.24, 2.45) is 0 Å². The smallest absolute Gasteiger partial charge is 0.279 e. The Morgan fingerprint density at radius 3 is 2.65 bits per heavy atom. The van der Waals surface area contributed by atoms with Gasteiger partial charge in [-0.25, -0.2) is 0 Å². The van der Waals surface area contributed by atoms with Crippen LogP contribution in [0.2, 0.25) is 0 Å². The average molecular weight is 307 g/mol. The molecule has 0 bridgehead atoms. The molecule has 1 fully saturated rings. The number of ether oxygens (including phenoxy) is 1. The van der Waals surface area contributed by atoms with Crippen LogP contribution >= 0.6 is 0 Å². The summed E-state index contributed by atoms with van der Waals surface area (Å²) in [6, 6.07) is 0.425. The van der Waals surface area contributed by atoms with E-state index in [2.05, 4.69) is 23.9 Å². The minimum absolute atomic E-state index is 0.337. The Hall–Kier alpha value is -0.210. The van der Waals surface area contributed by atoms with Gasteiger partial charge in [-0.15, -0.1) is 0 Å². The lowest BCUT2D eigenvalue weighted by Crippen LogP contribution is -2.46. The van der Waals surface area contributed by atoms with E-state index < -0.39 is 10.2 Å². The Morgan fingerprint density at radius 2 is 2.10 bits per heavy atom. The zero-order valence-electron chi connectivity index (χ0n) is 13.1. The zero-order chi connectivity index (χ0) is 15.2. The number of rotatable bonds is 9. The zero-order valence-corrected chi connectivity index (χ0v) is 13.9. The van der Waals surface area contributed by atoms with E-state index >= 15 is 0 Å². The molecule has 7 heteroatoms. The third-order valence-corrected chi connectivity index (χ3v) is 5.05. The Bertz CT molecular complexity index is 378. The highest BCUT2D eigenvalue weighted by atomic mass is 32.2. The molecule has 1 atom stereocenters. The molecule has 0 aliphatic carbocycles. The van der Waals surface area contributed by atoms with Gasteiger partial charge >= 0.3 is 0 Å². The van der Waals surface area contributed by atoms with Crippen LogP contribution in [-0.2, 0) is 14.9 Å². The Kier molecular flexibility index (Phi) is 6.87. The van der Waals surface area contributed by atoms with Gasteiger partial charge in [0.2, 0.25) is 0 Å². The van der Waals surface area contributed by atoms with E-state index in [4.69, 9.17) is 4.74 Å². The summed E-state index contributed by atoms with van der Waals surface area (Å²) < 4.78 is 33.8. The van der Waals surface area contributed by atoms with E-state index in [1.54, 1.807) is 7.05 Å². The summed E-state index contributed by atoms with van der Waals surface area (Å²) in [6.07, 6.45) is 2.69. The molecule has 0 radical (unpaired) electrons. The standard InChI is InChI=1S/C13H29N3O3S/c1-12(2)14-8-6-9-16(4)20(17,18)15-11-13(3)7-5-10-19-13/h12,14-15H,5-11H2,1-4H3. The maximum Gasteiger partial charge on any atom is 0.279 e. The highest BCUT2D eigenvalue weighted by Crippen LogP contribution is 2.24. The SMILES string of the molecule is CC(C)NCCCN(C)S(=O)(=O)NCC1(C)CCCO1. The number of hydrogen-bond donors (Lipinski definition) is 2. The fraction of sp³-hybridized carbons (Fsp3) is 1.00. The van der Waals surface area contributed by atoms with Gasteiger partial charge in [0.05, 0.1) is 5.60 Å². The molecular weight excluding hydrogens is 278 g/mol. The molecule has 1 aliphatic rings. The summed E-state index contributed by atoms with van der Waals surface area (Å²) in [7, 11) is -1.80. The first kappa shape index (κ1) is 17.8. The van der Waals surface area contributed by atoms with Gasteiger partial charge in [0.1, 0.15) is 0 Å². The van der Waals surface area contributed by atoms with Crippen LogP contribution in [-0.4, -0.2) is 57.7 Å². The second-order valence-electron chi connectivity index (χ2n) is 6.01. The molecule has 1 rings (SSSR count). The summed E-state index contributed by atoms with van der Waals surface area (Å²) in [5.74, 6) is 0. The highest BCUT2D eigenvalue weighted by Gasteiger charge is 2.31. The third-order valence-electron chi connectivity index (χ3n) is 3.54. The Labute approximate surface area is 123 Å². The first-order valence-corrected chi connectivity index (χ1v) is 8.77. The minimum atomic E-state index is -3.41. The van der Waals surface area contributed by atoms with E-state index in [1.807, 2.05) is 6.92 Å². The molecule has 0 aromatic rings. The van der Waals surface area contributed by atoms with E-state index in [9.17, 15) is 8.42 Å². The second-order valence-corrected chi connectivity index (χ2v) is 7.87.